The van der Waals surface area contributed by atoms with E-state index in [2.05, 4.69) is 169 Å². The van der Waals surface area contributed by atoms with E-state index in [1.54, 1.807) is 0 Å². The third-order valence-electron chi connectivity index (χ3n) is 11.1. The van der Waals surface area contributed by atoms with Gasteiger partial charge in [-0.1, -0.05) is 133 Å². The first-order valence-electron chi connectivity index (χ1n) is 18.0. The number of thiophene rings is 2. The molecular weight excluding hydrogens is 681 g/mol. The lowest BCUT2D eigenvalue weighted by Gasteiger charge is -2.19. The van der Waals surface area contributed by atoms with Crippen molar-refractivity contribution in [3.8, 4) is 33.4 Å². The molecule has 0 aliphatic carbocycles. The molecule has 0 aliphatic rings. The average molecular weight is 709 g/mol. The molecule has 0 saturated heterocycles. The van der Waals surface area contributed by atoms with Gasteiger partial charge in [-0.2, -0.15) is 0 Å². The van der Waals surface area contributed by atoms with Gasteiger partial charge in [-0.15, -0.1) is 22.7 Å². The molecule has 0 N–H and O–H groups in total. The largest absolute Gasteiger partial charge is 0.455 e. The smallest absolute Gasteiger partial charge is 0.143 e. The summed E-state index contributed by atoms with van der Waals surface area (Å²) in [6.45, 7) is 0. The van der Waals surface area contributed by atoms with E-state index in [4.69, 9.17) is 4.42 Å². The third kappa shape index (κ3) is 4.18. The van der Waals surface area contributed by atoms with Gasteiger partial charge in [0.25, 0.3) is 0 Å². The first-order valence-corrected chi connectivity index (χ1v) is 19.7. The summed E-state index contributed by atoms with van der Waals surface area (Å²) in [5, 5.41) is 15.9. The number of rotatable bonds is 3. The minimum absolute atomic E-state index is 0.914. The van der Waals surface area contributed by atoms with E-state index < -0.39 is 0 Å². The average Bonchev–Trinajstić information content (AvgIpc) is 3.92. The van der Waals surface area contributed by atoms with Crippen LogP contribution in [0.1, 0.15) is 0 Å². The summed E-state index contributed by atoms with van der Waals surface area (Å²) in [6.07, 6.45) is 0. The van der Waals surface area contributed by atoms with Crippen molar-refractivity contribution >= 4 is 107 Å². The van der Waals surface area contributed by atoms with E-state index in [-0.39, 0.29) is 0 Å². The highest BCUT2D eigenvalue weighted by molar-refractivity contribution is 7.26. The van der Waals surface area contributed by atoms with Crippen LogP contribution in [0.15, 0.2) is 174 Å². The van der Waals surface area contributed by atoms with Gasteiger partial charge in [-0.3, -0.25) is 0 Å². The Balaban J connectivity index is 1.19. The molecule has 0 radical (unpaired) electrons. The van der Waals surface area contributed by atoms with Crippen LogP contribution in [-0.4, -0.2) is 0 Å². The maximum absolute atomic E-state index is 6.68. The van der Waals surface area contributed by atoms with Crippen molar-refractivity contribution in [2.75, 3.05) is 0 Å². The zero-order chi connectivity index (χ0) is 34.6. The fourth-order valence-electron chi connectivity index (χ4n) is 8.86. The molecule has 1 nitrogen and oxygen atoms in total. The lowest BCUT2D eigenvalue weighted by atomic mass is 9.83. The van der Waals surface area contributed by atoms with Crippen molar-refractivity contribution in [1.29, 1.82) is 0 Å². The van der Waals surface area contributed by atoms with Crippen molar-refractivity contribution < 1.29 is 4.42 Å². The van der Waals surface area contributed by atoms with Gasteiger partial charge in [-0.05, 0) is 90.5 Å². The van der Waals surface area contributed by atoms with Crippen molar-refractivity contribution in [3.63, 3.8) is 0 Å². The second kappa shape index (κ2) is 11.1. The van der Waals surface area contributed by atoms with E-state index >= 15 is 0 Å². The normalized spacial score (nSPS) is 12.2. The van der Waals surface area contributed by atoms with Crippen LogP contribution in [-0.2, 0) is 0 Å². The van der Waals surface area contributed by atoms with E-state index in [0.29, 0.717) is 0 Å². The van der Waals surface area contributed by atoms with E-state index in [0.717, 1.165) is 21.9 Å². The van der Waals surface area contributed by atoms with Gasteiger partial charge in [0.15, 0.2) is 0 Å². The summed E-state index contributed by atoms with van der Waals surface area (Å²) < 4.78 is 10.6. The summed E-state index contributed by atoms with van der Waals surface area (Å²) in [5.41, 5.74) is 9.46. The maximum Gasteiger partial charge on any atom is 0.143 e. The van der Waals surface area contributed by atoms with Gasteiger partial charge >= 0.3 is 0 Å². The molecule has 0 amide bonds. The molecule has 3 heterocycles. The highest BCUT2D eigenvalue weighted by Gasteiger charge is 2.23. The zero-order valence-electron chi connectivity index (χ0n) is 28.4. The Morgan fingerprint density at radius 3 is 1.75 bits per heavy atom. The Kier molecular flexibility index (Phi) is 6.15. The first-order chi connectivity index (χ1) is 26.3. The van der Waals surface area contributed by atoms with Crippen LogP contribution in [0.5, 0.6) is 0 Å². The number of fused-ring (bicyclic) bond motifs is 11. The van der Waals surface area contributed by atoms with Crippen molar-refractivity contribution in [2.24, 2.45) is 0 Å². The number of hydrogen-bond donors (Lipinski definition) is 0. The number of benzene rings is 9. The Bertz CT molecular complexity index is 3390. The molecule has 12 aromatic rings. The molecule has 0 unspecified atom stereocenters. The third-order valence-corrected chi connectivity index (χ3v) is 13.2. The summed E-state index contributed by atoms with van der Waals surface area (Å²) in [7, 11) is 0. The van der Waals surface area contributed by atoms with Crippen molar-refractivity contribution in [3.05, 3.63) is 169 Å². The molecule has 0 spiro atoms. The van der Waals surface area contributed by atoms with Gasteiger partial charge in [0, 0.05) is 52.0 Å². The van der Waals surface area contributed by atoms with Crippen LogP contribution in [0, 0.1) is 0 Å². The monoisotopic (exact) mass is 708 g/mol. The second-order valence-electron chi connectivity index (χ2n) is 13.9. The van der Waals surface area contributed by atoms with E-state index in [1.807, 2.05) is 22.7 Å². The summed E-state index contributed by atoms with van der Waals surface area (Å²) in [6, 6.07) is 60.0. The highest BCUT2D eigenvalue weighted by atomic mass is 32.1. The van der Waals surface area contributed by atoms with Gasteiger partial charge < -0.3 is 4.42 Å². The van der Waals surface area contributed by atoms with Crippen molar-refractivity contribution in [1.82, 2.24) is 0 Å². The van der Waals surface area contributed by atoms with Crippen LogP contribution >= 0.6 is 22.7 Å². The standard InChI is InChI=1S/C50H28OS2/c1-2-13-29(14-3-1)41-28-52-44-27-39-45(26-38(41)44)53-43-24-12-22-37(48(39)43)46-32-17-6-8-19-34(32)47(35-20-9-7-18-33(35)46)40-25-30-15-4-5-16-31(30)50-49(40)36-21-10-11-23-42(36)51-50/h1-28H. The fourth-order valence-corrected chi connectivity index (χ4v) is 11.0. The molecule has 3 aromatic heterocycles. The quantitative estimate of drug-likeness (QED) is 0.167. The van der Waals surface area contributed by atoms with Gasteiger partial charge in [0.2, 0.25) is 0 Å². The molecule has 9 aromatic carbocycles. The van der Waals surface area contributed by atoms with Crippen LogP contribution in [0.4, 0.5) is 0 Å². The molecule has 3 heteroatoms. The molecule has 12 rings (SSSR count). The SMILES string of the molecule is c1ccc(-c2csc3cc4c(cc23)sc2cccc(-c3c5ccccc5c(-c5cc6ccccc6c6oc7ccccc7c56)c5ccccc35)c24)cc1. The Morgan fingerprint density at radius 1 is 0.377 bits per heavy atom. The molecule has 246 valence electrons. The van der Waals surface area contributed by atoms with Crippen LogP contribution < -0.4 is 0 Å². The molecular formula is C50H28OS2. The fraction of sp³-hybridized carbons (Fsp3) is 0. The van der Waals surface area contributed by atoms with Crippen LogP contribution in [0.25, 0.3) is 118 Å². The molecule has 0 atom stereocenters. The molecule has 0 bridgehead atoms. The first kappa shape index (κ1) is 29.3. The van der Waals surface area contributed by atoms with Gasteiger partial charge in [-0.25, -0.2) is 0 Å². The Labute approximate surface area is 312 Å². The van der Waals surface area contributed by atoms with Crippen molar-refractivity contribution in [2.45, 2.75) is 0 Å². The predicted molar refractivity (Wildman–Crippen MR) is 231 cm³/mol. The van der Waals surface area contributed by atoms with E-state index in [9.17, 15) is 0 Å². The molecule has 0 aliphatic heterocycles. The maximum atomic E-state index is 6.68. The summed E-state index contributed by atoms with van der Waals surface area (Å²) in [4.78, 5) is 0. The minimum atomic E-state index is 0.914. The molecule has 0 fully saturated rings. The minimum Gasteiger partial charge on any atom is -0.455 e. The highest BCUT2D eigenvalue weighted by Crippen LogP contribution is 2.51. The van der Waals surface area contributed by atoms with Gasteiger partial charge in [0.05, 0.1) is 0 Å². The van der Waals surface area contributed by atoms with Crippen LogP contribution in [0.2, 0.25) is 0 Å². The second-order valence-corrected chi connectivity index (χ2v) is 15.9. The lowest BCUT2D eigenvalue weighted by Crippen LogP contribution is -1.92. The zero-order valence-corrected chi connectivity index (χ0v) is 30.0. The Hall–Kier alpha value is -6.26. The summed E-state index contributed by atoms with van der Waals surface area (Å²) in [5.74, 6) is 0. The van der Waals surface area contributed by atoms with Crippen LogP contribution in [0.3, 0.4) is 0 Å². The predicted octanol–water partition coefficient (Wildman–Crippen LogP) is 15.6. The lowest BCUT2D eigenvalue weighted by molar-refractivity contribution is 0.673. The molecule has 0 saturated carbocycles. The Morgan fingerprint density at radius 2 is 1.00 bits per heavy atom. The topological polar surface area (TPSA) is 13.1 Å². The summed E-state index contributed by atoms with van der Waals surface area (Å²) >= 11 is 3.74. The van der Waals surface area contributed by atoms with Gasteiger partial charge in [0.1, 0.15) is 11.2 Å². The number of para-hydroxylation sites is 1. The van der Waals surface area contributed by atoms with E-state index in [1.165, 1.54) is 96.0 Å². The number of furan rings is 1. The number of hydrogen-bond acceptors (Lipinski definition) is 3. The molecule has 53 heavy (non-hydrogen) atoms.